The quantitative estimate of drug-likeness (QED) is 0.650. The smallest absolute Gasteiger partial charge is 0.228 e. The van der Waals surface area contributed by atoms with Gasteiger partial charge in [-0.2, -0.15) is 0 Å². The maximum atomic E-state index is 12.2. The van der Waals surface area contributed by atoms with Crippen molar-refractivity contribution in [3.63, 3.8) is 0 Å². The summed E-state index contributed by atoms with van der Waals surface area (Å²) in [5.74, 6) is -0.0679. The fourth-order valence-electron chi connectivity index (χ4n) is 2.77. The summed E-state index contributed by atoms with van der Waals surface area (Å²) >= 11 is 1.63. The van der Waals surface area contributed by atoms with Crippen LogP contribution in [-0.2, 0) is 29.0 Å². The van der Waals surface area contributed by atoms with Crippen LogP contribution in [0.2, 0.25) is 0 Å². The molecule has 0 spiro atoms. The molecule has 0 aliphatic rings. The van der Waals surface area contributed by atoms with Crippen LogP contribution in [0.3, 0.4) is 0 Å². The molecule has 0 unspecified atom stereocenters. The number of rotatable bonds is 7. The Morgan fingerprint density at radius 2 is 1.67 bits per heavy atom. The van der Waals surface area contributed by atoms with Crippen LogP contribution in [0.5, 0.6) is 0 Å². The molecule has 0 aliphatic heterocycles. The zero-order valence-electron chi connectivity index (χ0n) is 15.2. The van der Waals surface area contributed by atoms with E-state index in [9.17, 15) is 9.59 Å². The molecular formula is C22H22N2O2S. The summed E-state index contributed by atoms with van der Waals surface area (Å²) in [4.78, 5) is 25.3. The van der Waals surface area contributed by atoms with Crippen molar-refractivity contribution in [3.05, 3.63) is 87.6 Å². The van der Waals surface area contributed by atoms with Crippen LogP contribution in [0.25, 0.3) is 0 Å². The summed E-state index contributed by atoms with van der Waals surface area (Å²) in [6, 6.07) is 19.3. The number of amides is 2. The van der Waals surface area contributed by atoms with Crippen molar-refractivity contribution in [1.82, 2.24) is 5.32 Å². The summed E-state index contributed by atoms with van der Waals surface area (Å²) in [6.07, 6.45) is 0.664. The Morgan fingerprint density at radius 3 is 2.37 bits per heavy atom. The minimum Gasteiger partial charge on any atom is -0.351 e. The third-order valence-electron chi connectivity index (χ3n) is 4.09. The topological polar surface area (TPSA) is 58.2 Å². The van der Waals surface area contributed by atoms with E-state index in [0.29, 0.717) is 19.4 Å². The highest BCUT2D eigenvalue weighted by atomic mass is 32.1. The molecule has 3 rings (SSSR count). The molecule has 2 N–H and O–H groups in total. The Hall–Kier alpha value is -2.92. The molecule has 27 heavy (non-hydrogen) atoms. The number of hydrogen-bond donors (Lipinski definition) is 2. The van der Waals surface area contributed by atoms with Crippen molar-refractivity contribution in [2.24, 2.45) is 0 Å². The normalized spacial score (nSPS) is 10.4. The van der Waals surface area contributed by atoms with Gasteiger partial charge in [-0.3, -0.25) is 9.59 Å². The lowest BCUT2D eigenvalue weighted by atomic mass is 10.1. The van der Waals surface area contributed by atoms with Crippen LogP contribution in [0.4, 0.5) is 5.69 Å². The van der Waals surface area contributed by atoms with Crippen molar-refractivity contribution < 1.29 is 9.59 Å². The average Bonchev–Trinajstić information content (AvgIpc) is 3.15. The molecule has 0 bridgehead atoms. The lowest BCUT2D eigenvalue weighted by Crippen LogP contribution is -2.24. The molecule has 3 aromatic rings. The molecule has 1 heterocycles. The largest absolute Gasteiger partial charge is 0.351 e. The summed E-state index contributed by atoms with van der Waals surface area (Å²) in [6.45, 7) is 2.57. The summed E-state index contributed by atoms with van der Waals surface area (Å²) in [7, 11) is 0. The number of carbonyl (C=O) groups excluding carboxylic acids is 2. The first kappa shape index (κ1) is 18.9. The Balaban J connectivity index is 1.47. The Kier molecular flexibility index (Phi) is 6.39. The van der Waals surface area contributed by atoms with E-state index in [-0.39, 0.29) is 11.8 Å². The fourth-order valence-corrected chi connectivity index (χ4v) is 3.41. The Bertz CT molecular complexity index is 902. The van der Waals surface area contributed by atoms with Crippen LogP contribution in [0, 0.1) is 6.92 Å². The van der Waals surface area contributed by atoms with Crippen LogP contribution < -0.4 is 10.6 Å². The van der Waals surface area contributed by atoms with E-state index in [1.54, 1.807) is 11.3 Å². The van der Waals surface area contributed by atoms with Crippen LogP contribution in [0.15, 0.2) is 66.0 Å². The molecule has 2 amide bonds. The highest BCUT2D eigenvalue weighted by Crippen LogP contribution is 2.12. The minimum absolute atomic E-state index is 0.0142. The summed E-state index contributed by atoms with van der Waals surface area (Å²) in [5.41, 5.74) is 3.78. The number of anilines is 1. The van der Waals surface area contributed by atoms with Crippen molar-refractivity contribution in [2.45, 2.75) is 26.3 Å². The molecule has 0 saturated heterocycles. The van der Waals surface area contributed by atoms with E-state index < -0.39 is 0 Å². The molecule has 0 aliphatic carbocycles. The third-order valence-corrected chi connectivity index (χ3v) is 4.97. The van der Waals surface area contributed by atoms with Crippen LogP contribution >= 0.6 is 11.3 Å². The van der Waals surface area contributed by atoms with Gasteiger partial charge < -0.3 is 10.6 Å². The molecule has 0 atom stereocenters. The molecule has 2 aromatic carbocycles. The molecule has 4 nitrogen and oxygen atoms in total. The molecule has 0 radical (unpaired) electrons. The number of hydrogen-bond acceptors (Lipinski definition) is 3. The van der Waals surface area contributed by atoms with Gasteiger partial charge in [0.2, 0.25) is 11.8 Å². The molecule has 0 saturated carbocycles. The first-order valence-corrected chi connectivity index (χ1v) is 9.70. The standard InChI is InChI=1S/C22H22N2O2S/c1-16-4-2-5-18(12-16)14-22(26)24-19-9-7-17(8-10-19)13-21(25)23-15-20-6-3-11-27-20/h2-12H,13-15H2,1H3,(H,23,25)(H,24,26). The first-order chi connectivity index (χ1) is 13.1. The number of thiophene rings is 1. The highest BCUT2D eigenvalue weighted by molar-refractivity contribution is 7.09. The van der Waals surface area contributed by atoms with Gasteiger partial charge in [-0.15, -0.1) is 11.3 Å². The van der Waals surface area contributed by atoms with Gasteiger partial charge in [0, 0.05) is 10.6 Å². The summed E-state index contributed by atoms with van der Waals surface area (Å²) < 4.78 is 0. The average molecular weight is 378 g/mol. The van der Waals surface area contributed by atoms with Gasteiger partial charge in [-0.25, -0.2) is 0 Å². The van der Waals surface area contributed by atoms with Crippen LogP contribution in [0.1, 0.15) is 21.6 Å². The van der Waals surface area contributed by atoms with Crippen LogP contribution in [-0.4, -0.2) is 11.8 Å². The van der Waals surface area contributed by atoms with E-state index in [2.05, 4.69) is 10.6 Å². The lowest BCUT2D eigenvalue weighted by Gasteiger charge is -2.08. The summed E-state index contributed by atoms with van der Waals surface area (Å²) in [5, 5.41) is 7.80. The molecule has 1 aromatic heterocycles. The predicted octanol–water partition coefficient (Wildman–Crippen LogP) is 4.10. The van der Waals surface area contributed by atoms with Gasteiger partial charge in [0.05, 0.1) is 19.4 Å². The second-order valence-electron chi connectivity index (χ2n) is 6.44. The maximum Gasteiger partial charge on any atom is 0.228 e. The third kappa shape index (κ3) is 6.08. The minimum atomic E-state index is -0.0537. The molecule has 138 valence electrons. The second-order valence-corrected chi connectivity index (χ2v) is 7.48. The van der Waals surface area contributed by atoms with Gasteiger partial charge >= 0.3 is 0 Å². The monoisotopic (exact) mass is 378 g/mol. The predicted molar refractivity (Wildman–Crippen MR) is 110 cm³/mol. The van der Waals surface area contributed by atoms with Gasteiger partial charge in [0.15, 0.2) is 0 Å². The Labute approximate surface area is 163 Å². The van der Waals surface area contributed by atoms with Crippen molar-refractivity contribution in [2.75, 3.05) is 5.32 Å². The Morgan fingerprint density at radius 1 is 0.889 bits per heavy atom. The molecule has 5 heteroatoms. The molecular weight excluding hydrogens is 356 g/mol. The highest BCUT2D eigenvalue weighted by Gasteiger charge is 2.07. The van der Waals surface area contributed by atoms with Gasteiger partial charge in [0.1, 0.15) is 0 Å². The zero-order valence-corrected chi connectivity index (χ0v) is 16.0. The van der Waals surface area contributed by atoms with E-state index in [4.69, 9.17) is 0 Å². The van der Waals surface area contributed by atoms with Crippen molar-refractivity contribution in [1.29, 1.82) is 0 Å². The van der Waals surface area contributed by atoms with E-state index >= 15 is 0 Å². The maximum absolute atomic E-state index is 12.2. The number of nitrogens with one attached hydrogen (secondary N) is 2. The lowest BCUT2D eigenvalue weighted by molar-refractivity contribution is -0.120. The van der Waals surface area contributed by atoms with Crippen molar-refractivity contribution in [3.8, 4) is 0 Å². The van der Waals surface area contributed by atoms with E-state index in [1.165, 1.54) is 0 Å². The van der Waals surface area contributed by atoms with Gasteiger partial charge in [-0.1, -0.05) is 48.0 Å². The zero-order chi connectivity index (χ0) is 19.1. The SMILES string of the molecule is Cc1cccc(CC(=O)Nc2ccc(CC(=O)NCc3cccs3)cc2)c1. The van der Waals surface area contributed by atoms with E-state index in [1.807, 2.05) is 73.0 Å². The first-order valence-electron chi connectivity index (χ1n) is 8.82. The number of carbonyl (C=O) groups is 2. The second kappa shape index (κ2) is 9.14. The number of benzene rings is 2. The fraction of sp³-hybridized carbons (Fsp3) is 0.182. The van der Waals surface area contributed by atoms with Crippen molar-refractivity contribution >= 4 is 28.8 Å². The number of aryl methyl sites for hydroxylation is 1. The van der Waals surface area contributed by atoms with Gasteiger partial charge in [-0.05, 0) is 41.6 Å². The van der Waals surface area contributed by atoms with Gasteiger partial charge in [0.25, 0.3) is 0 Å². The molecule has 0 fully saturated rings. The van der Waals surface area contributed by atoms with E-state index in [0.717, 1.165) is 27.3 Å².